The number of nitrogens with one attached hydrogen (secondary N) is 1. The molecule has 0 aliphatic heterocycles. The fourth-order valence-electron chi connectivity index (χ4n) is 1.62. The molecule has 0 unspecified atom stereocenters. The van der Waals surface area contributed by atoms with Gasteiger partial charge in [0.2, 0.25) is 5.91 Å². The molecule has 1 amide bonds. The van der Waals surface area contributed by atoms with E-state index in [4.69, 9.17) is 5.73 Å². The molecule has 0 heterocycles. The van der Waals surface area contributed by atoms with Crippen molar-refractivity contribution in [3.05, 3.63) is 65.5 Å². The lowest BCUT2D eigenvalue weighted by Crippen LogP contribution is -2.12. The van der Waals surface area contributed by atoms with Gasteiger partial charge in [0, 0.05) is 23.4 Å². The number of halogens is 1. The number of amides is 1. The zero-order valence-corrected chi connectivity index (χ0v) is 9.69. The Morgan fingerprint density at radius 1 is 1.17 bits per heavy atom. The topological polar surface area (TPSA) is 55.1 Å². The second kappa shape index (κ2) is 5.31. The van der Waals surface area contributed by atoms with Crippen LogP contribution in [-0.4, -0.2) is 5.91 Å². The highest BCUT2D eigenvalue weighted by molar-refractivity contribution is 5.92. The van der Waals surface area contributed by atoms with Gasteiger partial charge in [-0.2, -0.15) is 0 Å². The molecule has 0 aliphatic carbocycles. The molecular formula is C14H13FN2O. The summed E-state index contributed by atoms with van der Waals surface area (Å²) in [7, 11) is 0. The minimum absolute atomic E-state index is 0.303. The van der Waals surface area contributed by atoms with Crippen LogP contribution in [0, 0.1) is 5.82 Å². The highest BCUT2D eigenvalue weighted by Crippen LogP contribution is 2.13. The van der Waals surface area contributed by atoms with Crippen LogP contribution in [0.15, 0.2) is 48.5 Å². The number of para-hydroxylation sites is 1. The third-order valence-corrected chi connectivity index (χ3v) is 2.59. The number of anilines is 1. The van der Waals surface area contributed by atoms with Crippen molar-refractivity contribution in [3.63, 3.8) is 0 Å². The van der Waals surface area contributed by atoms with Crippen molar-refractivity contribution in [2.75, 3.05) is 5.32 Å². The highest BCUT2D eigenvalue weighted by atomic mass is 19.1. The molecule has 3 nitrogen and oxygen atoms in total. The van der Waals surface area contributed by atoms with Gasteiger partial charge in [-0.25, -0.2) is 4.39 Å². The van der Waals surface area contributed by atoms with Gasteiger partial charge in [-0.15, -0.1) is 0 Å². The van der Waals surface area contributed by atoms with Crippen LogP contribution in [0.1, 0.15) is 15.9 Å². The van der Waals surface area contributed by atoms with Crippen molar-refractivity contribution in [3.8, 4) is 0 Å². The van der Waals surface area contributed by atoms with E-state index >= 15 is 0 Å². The van der Waals surface area contributed by atoms with Gasteiger partial charge in [0.15, 0.2) is 0 Å². The van der Waals surface area contributed by atoms with Crippen LogP contribution in [0.4, 0.5) is 10.1 Å². The SMILES string of the molecule is NC(=O)c1ccc(F)c(CNc2ccccc2)c1. The molecule has 0 aromatic heterocycles. The molecule has 0 saturated heterocycles. The Labute approximate surface area is 104 Å². The van der Waals surface area contributed by atoms with Gasteiger partial charge >= 0.3 is 0 Å². The summed E-state index contributed by atoms with van der Waals surface area (Å²) < 4.78 is 13.5. The fourth-order valence-corrected chi connectivity index (χ4v) is 1.62. The Kier molecular flexibility index (Phi) is 3.57. The summed E-state index contributed by atoms with van der Waals surface area (Å²) in [5, 5.41) is 3.08. The first-order chi connectivity index (χ1) is 8.66. The van der Waals surface area contributed by atoms with Gasteiger partial charge in [-0.3, -0.25) is 4.79 Å². The van der Waals surface area contributed by atoms with E-state index in [0.717, 1.165) is 5.69 Å². The maximum absolute atomic E-state index is 13.5. The minimum atomic E-state index is -0.559. The maximum Gasteiger partial charge on any atom is 0.248 e. The lowest BCUT2D eigenvalue weighted by Gasteiger charge is -2.08. The number of rotatable bonds is 4. The zero-order chi connectivity index (χ0) is 13.0. The molecule has 3 N–H and O–H groups in total. The quantitative estimate of drug-likeness (QED) is 0.868. The van der Waals surface area contributed by atoms with E-state index < -0.39 is 5.91 Å². The zero-order valence-electron chi connectivity index (χ0n) is 9.69. The summed E-state index contributed by atoms with van der Waals surface area (Å²) in [6.07, 6.45) is 0. The molecule has 0 atom stereocenters. The molecule has 92 valence electrons. The van der Waals surface area contributed by atoms with Crippen LogP contribution in [-0.2, 0) is 6.54 Å². The van der Waals surface area contributed by atoms with Gasteiger partial charge in [-0.05, 0) is 30.3 Å². The summed E-state index contributed by atoms with van der Waals surface area (Å²) in [5.74, 6) is -0.917. The Balaban J connectivity index is 2.14. The molecule has 0 spiro atoms. The van der Waals surface area contributed by atoms with E-state index in [2.05, 4.69) is 5.32 Å². The Morgan fingerprint density at radius 3 is 2.56 bits per heavy atom. The van der Waals surface area contributed by atoms with Crippen LogP contribution in [0.3, 0.4) is 0 Å². The van der Waals surface area contributed by atoms with Crippen molar-refractivity contribution in [2.24, 2.45) is 5.73 Å². The van der Waals surface area contributed by atoms with Crippen LogP contribution in [0.5, 0.6) is 0 Å². The molecule has 0 fully saturated rings. The lowest BCUT2D eigenvalue weighted by atomic mass is 10.1. The normalized spacial score (nSPS) is 10.1. The summed E-state index contributed by atoms with van der Waals surface area (Å²) >= 11 is 0. The van der Waals surface area contributed by atoms with Gasteiger partial charge in [0.25, 0.3) is 0 Å². The second-order valence-corrected chi connectivity index (χ2v) is 3.89. The van der Waals surface area contributed by atoms with Crippen molar-refractivity contribution in [1.29, 1.82) is 0 Å². The molecule has 0 saturated carbocycles. The van der Waals surface area contributed by atoms with Crippen LogP contribution >= 0.6 is 0 Å². The summed E-state index contributed by atoms with van der Waals surface area (Å²) in [4.78, 5) is 11.0. The first kappa shape index (κ1) is 12.1. The van der Waals surface area contributed by atoms with E-state index in [9.17, 15) is 9.18 Å². The molecule has 0 radical (unpaired) electrons. The van der Waals surface area contributed by atoms with Crippen LogP contribution < -0.4 is 11.1 Å². The molecule has 18 heavy (non-hydrogen) atoms. The fraction of sp³-hybridized carbons (Fsp3) is 0.0714. The second-order valence-electron chi connectivity index (χ2n) is 3.89. The van der Waals surface area contributed by atoms with Crippen molar-refractivity contribution >= 4 is 11.6 Å². The predicted molar refractivity (Wildman–Crippen MR) is 68.7 cm³/mol. The first-order valence-electron chi connectivity index (χ1n) is 5.54. The maximum atomic E-state index is 13.5. The number of hydrogen-bond acceptors (Lipinski definition) is 2. The third-order valence-electron chi connectivity index (χ3n) is 2.59. The molecule has 4 heteroatoms. The number of benzene rings is 2. The lowest BCUT2D eigenvalue weighted by molar-refractivity contribution is 0.1000. The Morgan fingerprint density at radius 2 is 1.89 bits per heavy atom. The third kappa shape index (κ3) is 2.85. The standard InChI is InChI=1S/C14H13FN2O/c15-13-7-6-10(14(16)18)8-11(13)9-17-12-4-2-1-3-5-12/h1-8,17H,9H2,(H2,16,18). The predicted octanol–water partition coefficient (Wildman–Crippen LogP) is 2.54. The van der Waals surface area contributed by atoms with Crippen LogP contribution in [0.2, 0.25) is 0 Å². The summed E-state index contributed by atoms with van der Waals surface area (Å²) in [6.45, 7) is 0.303. The van der Waals surface area contributed by atoms with E-state index in [1.165, 1.54) is 18.2 Å². The van der Waals surface area contributed by atoms with Crippen LogP contribution in [0.25, 0.3) is 0 Å². The van der Waals surface area contributed by atoms with Gasteiger partial charge in [0.1, 0.15) is 5.82 Å². The Bertz CT molecular complexity index is 555. The summed E-state index contributed by atoms with van der Waals surface area (Å²) in [5.41, 5.74) is 6.77. The minimum Gasteiger partial charge on any atom is -0.381 e. The number of carbonyl (C=O) groups excluding carboxylic acids is 1. The molecule has 2 rings (SSSR count). The van der Waals surface area contributed by atoms with Crippen molar-refractivity contribution < 1.29 is 9.18 Å². The molecular weight excluding hydrogens is 231 g/mol. The van der Waals surface area contributed by atoms with E-state index in [0.29, 0.717) is 17.7 Å². The van der Waals surface area contributed by atoms with E-state index in [1.54, 1.807) is 0 Å². The highest BCUT2D eigenvalue weighted by Gasteiger charge is 2.06. The monoisotopic (exact) mass is 244 g/mol. The number of primary amides is 1. The van der Waals surface area contributed by atoms with Gasteiger partial charge < -0.3 is 11.1 Å². The Hall–Kier alpha value is -2.36. The molecule has 2 aromatic carbocycles. The van der Waals surface area contributed by atoms with E-state index in [1.807, 2.05) is 30.3 Å². The first-order valence-corrected chi connectivity index (χ1v) is 5.54. The van der Waals surface area contributed by atoms with Gasteiger partial charge in [-0.1, -0.05) is 18.2 Å². The van der Waals surface area contributed by atoms with Gasteiger partial charge in [0.05, 0.1) is 0 Å². The molecule has 0 aliphatic rings. The summed E-state index contributed by atoms with van der Waals surface area (Å²) in [6, 6.07) is 13.5. The number of nitrogens with two attached hydrogens (primary N) is 1. The average Bonchev–Trinajstić information content (AvgIpc) is 2.38. The van der Waals surface area contributed by atoms with E-state index in [-0.39, 0.29) is 5.82 Å². The molecule has 0 bridgehead atoms. The van der Waals surface area contributed by atoms with Crippen molar-refractivity contribution in [2.45, 2.75) is 6.54 Å². The van der Waals surface area contributed by atoms with Crippen molar-refractivity contribution in [1.82, 2.24) is 0 Å². The molecule has 2 aromatic rings. The largest absolute Gasteiger partial charge is 0.381 e. The smallest absolute Gasteiger partial charge is 0.248 e. The average molecular weight is 244 g/mol. The number of hydrogen-bond donors (Lipinski definition) is 2. The number of carbonyl (C=O) groups is 1.